The number of aliphatic hydroxyl groups is 9. The minimum atomic E-state index is -1.95. The molecule has 65 heavy (non-hydrogen) atoms. The number of aromatic hydroxyl groups is 2. The van der Waals surface area contributed by atoms with Crippen molar-refractivity contribution in [3.05, 3.63) is 82.5 Å². The van der Waals surface area contributed by atoms with Crippen molar-refractivity contribution in [3.63, 3.8) is 0 Å². The van der Waals surface area contributed by atoms with E-state index in [4.69, 9.17) is 42.3 Å². The summed E-state index contributed by atoms with van der Waals surface area (Å²) in [7, 11) is 1.36. The Morgan fingerprint density at radius 3 is 1.98 bits per heavy atom. The number of esters is 1. The molecular formula is C43H48O22. The highest BCUT2D eigenvalue weighted by Crippen LogP contribution is 2.43. The molecule has 0 bridgehead atoms. The van der Waals surface area contributed by atoms with Crippen LogP contribution in [-0.2, 0) is 28.5 Å². The number of carbonyl (C=O) groups is 1. The highest BCUT2D eigenvalue weighted by atomic mass is 16.7. The van der Waals surface area contributed by atoms with Crippen molar-refractivity contribution in [3.8, 4) is 51.4 Å². The van der Waals surface area contributed by atoms with Gasteiger partial charge in [0.2, 0.25) is 12.6 Å². The molecule has 0 radical (unpaired) electrons. The Labute approximate surface area is 368 Å². The minimum Gasteiger partial charge on any atom is -0.508 e. The highest BCUT2D eigenvalue weighted by molar-refractivity contribution is 5.87. The topological polar surface area (TPSA) is 344 Å². The van der Waals surface area contributed by atoms with E-state index in [0.717, 1.165) is 18.2 Å². The molecule has 22 heteroatoms. The second-order valence-corrected chi connectivity index (χ2v) is 15.5. The third-order valence-corrected chi connectivity index (χ3v) is 11.0. The molecule has 0 spiro atoms. The Balaban J connectivity index is 1.08. The summed E-state index contributed by atoms with van der Waals surface area (Å²) in [6, 6.07) is 13.2. The molecule has 15 atom stereocenters. The third kappa shape index (κ3) is 10.2. The molecule has 352 valence electrons. The van der Waals surface area contributed by atoms with E-state index >= 15 is 0 Å². The van der Waals surface area contributed by atoms with Gasteiger partial charge < -0.3 is 98.5 Å². The van der Waals surface area contributed by atoms with Crippen molar-refractivity contribution in [2.75, 3.05) is 20.3 Å². The average Bonchev–Trinajstić information content (AvgIpc) is 3.29. The summed E-state index contributed by atoms with van der Waals surface area (Å²) in [6.45, 7) is 0.0251. The van der Waals surface area contributed by atoms with E-state index in [9.17, 15) is 65.8 Å². The summed E-state index contributed by atoms with van der Waals surface area (Å²) >= 11 is 0. The summed E-state index contributed by atoms with van der Waals surface area (Å²) in [5.74, 6) is -1.73. The van der Waals surface area contributed by atoms with Gasteiger partial charge in [0.25, 0.3) is 0 Å². The van der Waals surface area contributed by atoms with E-state index in [2.05, 4.69) is 0 Å². The van der Waals surface area contributed by atoms with Crippen LogP contribution < -0.4 is 19.6 Å². The molecule has 2 aromatic carbocycles. The van der Waals surface area contributed by atoms with E-state index in [0.29, 0.717) is 5.56 Å². The Kier molecular flexibility index (Phi) is 14.6. The fourth-order valence-corrected chi connectivity index (χ4v) is 7.36. The maximum absolute atomic E-state index is 12.9. The van der Waals surface area contributed by atoms with Crippen LogP contribution in [0.4, 0.5) is 0 Å². The number of hydrogen-bond acceptors (Lipinski definition) is 22. The molecule has 4 aliphatic heterocycles. The van der Waals surface area contributed by atoms with Crippen LogP contribution in [-0.4, -0.2) is 175 Å². The quantitative estimate of drug-likeness (QED) is 0.0526. The summed E-state index contributed by atoms with van der Waals surface area (Å²) in [4.78, 5) is 25.5. The first kappa shape index (κ1) is 47.5. The maximum Gasteiger partial charge on any atom is 0.331 e. The van der Waals surface area contributed by atoms with Crippen LogP contribution >= 0.6 is 0 Å². The van der Waals surface area contributed by atoms with Gasteiger partial charge in [0.15, 0.2) is 40.8 Å². The molecule has 0 unspecified atom stereocenters. The van der Waals surface area contributed by atoms with Gasteiger partial charge in [0.1, 0.15) is 78.3 Å². The van der Waals surface area contributed by atoms with E-state index in [-0.39, 0.29) is 51.4 Å². The molecule has 1 aliphatic carbocycles. The van der Waals surface area contributed by atoms with Crippen LogP contribution in [0.3, 0.4) is 0 Å². The van der Waals surface area contributed by atoms with Gasteiger partial charge in [0, 0.05) is 23.8 Å². The predicted molar refractivity (Wildman–Crippen MR) is 216 cm³/mol. The van der Waals surface area contributed by atoms with Crippen LogP contribution in [0.1, 0.15) is 12.5 Å². The molecule has 2 aromatic rings. The number of benzene rings is 3. The fourth-order valence-electron chi connectivity index (χ4n) is 7.36. The van der Waals surface area contributed by atoms with Gasteiger partial charge in [-0.3, -0.25) is 4.79 Å². The number of rotatable bonds is 13. The van der Waals surface area contributed by atoms with Crippen molar-refractivity contribution in [2.24, 2.45) is 0 Å². The van der Waals surface area contributed by atoms with Crippen LogP contribution in [0.2, 0.25) is 0 Å². The van der Waals surface area contributed by atoms with E-state index in [1.165, 1.54) is 68.6 Å². The molecule has 4 heterocycles. The monoisotopic (exact) mass is 916 g/mol. The minimum absolute atomic E-state index is 0.0148. The van der Waals surface area contributed by atoms with Crippen LogP contribution in [0.25, 0.3) is 28.7 Å². The van der Waals surface area contributed by atoms with Gasteiger partial charge in [-0.2, -0.15) is 0 Å². The van der Waals surface area contributed by atoms with Crippen molar-refractivity contribution in [1.82, 2.24) is 0 Å². The second kappa shape index (κ2) is 20.0. The first-order valence-corrected chi connectivity index (χ1v) is 20.1. The number of phenols is 2. The van der Waals surface area contributed by atoms with Gasteiger partial charge in [-0.1, -0.05) is 6.07 Å². The zero-order valence-corrected chi connectivity index (χ0v) is 34.4. The number of carbonyl (C=O) groups excluding carboxylic acids is 1. The van der Waals surface area contributed by atoms with Gasteiger partial charge in [-0.15, -0.1) is 0 Å². The summed E-state index contributed by atoms with van der Waals surface area (Å²) in [5.41, 5.74) is 0.0727. The lowest BCUT2D eigenvalue weighted by Gasteiger charge is -2.43. The Morgan fingerprint density at radius 2 is 1.32 bits per heavy atom. The number of aliphatic hydroxyl groups excluding tert-OH is 9. The lowest BCUT2D eigenvalue weighted by Crippen LogP contribution is -2.62. The first-order chi connectivity index (χ1) is 31.0. The number of phenolic OH excluding ortho intramolecular Hbond substituents is 2. The smallest absolute Gasteiger partial charge is 0.331 e. The molecule has 3 fully saturated rings. The van der Waals surface area contributed by atoms with Crippen molar-refractivity contribution >= 4 is 12.0 Å². The summed E-state index contributed by atoms with van der Waals surface area (Å²) in [5, 5.41) is 116. The zero-order valence-electron chi connectivity index (χ0n) is 34.4. The molecule has 11 N–H and O–H groups in total. The number of ether oxygens (including phenoxy) is 8. The largest absolute Gasteiger partial charge is 0.508 e. The molecule has 0 saturated carbocycles. The van der Waals surface area contributed by atoms with E-state index < -0.39 is 117 Å². The average molecular weight is 917 g/mol. The number of fused-ring (bicyclic) bond motifs is 1. The SMILES string of the molecule is COc1cc(C=CC(=O)O[C@@H]2[C@@H](O)[C@@H](O)[C@H](OC[C@H]3O[C@@H](Oc4cc5c(O[C@@H]6O[C@H](CO)[C@@H](O)[C@H](O)[C@H]6O)cc(=O)cc-5oc4-c4ccc(O)cc4)[C@H](O)[C@@H](O)[C@@H]3O)O[C@H]2C)ccc1O. The predicted octanol–water partition coefficient (Wildman–Crippen LogP) is -1.70. The number of methoxy groups -OCH3 is 1. The molecule has 5 aliphatic rings. The van der Waals surface area contributed by atoms with Gasteiger partial charge in [-0.05, 0) is 61.0 Å². The van der Waals surface area contributed by atoms with Crippen molar-refractivity contribution in [1.29, 1.82) is 0 Å². The van der Waals surface area contributed by atoms with E-state index in [1.807, 2.05) is 0 Å². The van der Waals surface area contributed by atoms with E-state index in [1.54, 1.807) is 0 Å². The zero-order chi connectivity index (χ0) is 46.9. The molecule has 22 nitrogen and oxygen atoms in total. The first-order valence-electron chi connectivity index (χ1n) is 20.1. The molecule has 0 aromatic heterocycles. The lowest BCUT2D eigenvalue weighted by atomic mass is 9.98. The second-order valence-electron chi connectivity index (χ2n) is 15.5. The van der Waals surface area contributed by atoms with Gasteiger partial charge in [0.05, 0.1) is 32.0 Å². The van der Waals surface area contributed by atoms with Crippen LogP contribution in [0, 0.1) is 0 Å². The summed E-state index contributed by atoms with van der Waals surface area (Å²) < 4.78 is 51.2. The summed E-state index contributed by atoms with van der Waals surface area (Å²) in [6.07, 6.45) is -22.7. The highest BCUT2D eigenvalue weighted by Gasteiger charge is 2.49. The molecule has 7 rings (SSSR count). The Bertz CT molecular complexity index is 2320. The fraction of sp³-hybridized carbons (Fsp3) is 0.442. The van der Waals surface area contributed by atoms with Crippen molar-refractivity contribution in [2.45, 2.75) is 99.0 Å². The third-order valence-electron chi connectivity index (χ3n) is 11.0. The maximum atomic E-state index is 12.9. The van der Waals surface area contributed by atoms with Crippen molar-refractivity contribution < 1.29 is 103 Å². The van der Waals surface area contributed by atoms with Crippen LogP contribution in [0.5, 0.6) is 28.7 Å². The molecular weight excluding hydrogens is 868 g/mol. The normalized spacial score (nSPS) is 32.9. The molecule has 3 saturated heterocycles. The lowest BCUT2D eigenvalue weighted by molar-refractivity contribution is -0.319. The standard InChI is InChI=1S/C43H48O22/c1-17-39(65-30(48)10-4-18-3-9-23(47)26(11-18)57-2)35(53)38(56)41(59-17)58-16-29-32(50)34(52)37(55)43(64-29)62-27-14-22-24(60-40(27)19-5-7-20(45)8-6-19)12-21(46)13-25(22)61-42-36(54)33(51)31(49)28(15-44)63-42/h3-14,17,28-29,31-39,41-45,47,49-56H,15-16H2,1-2H3/t17-,28+,29+,31+,32+,33-,34-,35-,36+,37+,38+,39-,41+,42+,43+/m0/s1. The van der Waals surface area contributed by atoms with Gasteiger partial charge >= 0.3 is 5.97 Å². The molecule has 0 amide bonds. The number of hydrogen-bond donors (Lipinski definition) is 11. The van der Waals surface area contributed by atoms with Crippen LogP contribution in [0.15, 0.2) is 76.0 Å². The Hall–Kier alpha value is -5.44. The Morgan fingerprint density at radius 1 is 0.692 bits per heavy atom. The van der Waals surface area contributed by atoms with Gasteiger partial charge in [-0.25, -0.2) is 4.79 Å².